The van der Waals surface area contributed by atoms with Crippen LogP contribution < -0.4 is 0 Å². The van der Waals surface area contributed by atoms with Gasteiger partial charge in [0.15, 0.2) is 0 Å². The van der Waals surface area contributed by atoms with Crippen molar-refractivity contribution >= 4 is 44.8 Å². The molecule has 0 aromatic rings. The third kappa shape index (κ3) is 8.29. The molecule has 0 bridgehead atoms. The SMILES string of the molecule is CC(C)SS[C@@H](CC(Cl)Cl)C(C)C. The Kier molecular flexibility index (Phi) is 8.30. The van der Waals surface area contributed by atoms with Crippen LogP contribution in [-0.2, 0) is 0 Å². The number of hydrogen-bond donors (Lipinski definition) is 0. The van der Waals surface area contributed by atoms with Gasteiger partial charge in [-0.15, -0.1) is 23.2 Å². The van der Waals surface area contributed by atoms with Gasteiger partial charge in [-0.25, -0.2) is 0 Å². The van der Waals surface area contributed by atoms with Gasteiger partial charge in [0.05, 0.1) is 0 Å². The topological polar surface area (TPSA) is 0 Å². The van der Waals surface area contributed by atoms with Gasteiger partial charge >= 0.3 is 0 Å². The van der Waals surface area contributed by atoms with Crippen molar-refractivity contribution in [1.29, 1.82) is 0 Å². The highest BCUT2D eigenvalue weighted by Gasteiger charge is 2.18. The van der Waals surface area contributed by atoms with Crippen LogP contribution in [0.3, 0.4) is 0 Å². The zero-order valence-corrected chi connectivity index (χ0v) is 11.7. The summed E-state index contributed by atoms with van der Waals surface area (Å²) >= 11 is 11.5. The van der Waals surface area contributed by atoms with Crippen LogP contribution in [0.2, 0.25) is 0 Å². The van der Waals surface area contributed by atoms with E-state index in [1.165, 1.54) is 0 Å². The van der Waals surface area contributed by atoms with Crippen LogP contribution in [0, 0.1) is 5.92 Å². The molecular formula is C9H18Cl2S2. The third-order valence-corrected chi connectivity index (χ3v) is 5.59. The van der Waals surface area contributed by atoms with E-state index in [0.29, 0.717) is 16.4 Å². The molecule has 0 aromatic heterocycles. The van der Waals surface area contributed by atoms with Gasteiger partial charge in [-0.05, 0) is 12.3 Å². The minimum atomic E-state index is -0.229. The second-order valence-electron chi connectivity index (χ2n) is 3.65. The van der Waals surface area contributed by atoms with Crippen molar-refractivity contribution < 1.29 is 0 Å². The molecule has 0 unspecified atom stereocenters. The standard InChI is InChI=1S/C9H18Cl2S2/c1-6(2)8(5-9(10)11)13-12-7(3)4/h6-9H,5H2,1-4H3/t8-/m0/s1. The Hall–Kier alpha value is 1.28. The predicted molar refractivity (Wildman–Crippen MR) is 69.1 cm³/mol. The summed E-state index contributed by atoms with van der Waals surface area (Å²) in [6.07, 6.45) is 0.880. The van der Waals surface area contributed by atoms with Crippen LogP contribution in [0.5, 0.6) is 0 Å². The molecule has 0 aliphatic heterocycles. The minimum Gasteiger partial charge on any atom is -0.105 e. The molecule has 0 saturated carbocycles. The fourth-order valence-electron chi connectivity index (χ4n) is 0.781. The Morgan fingerprint density at radius 2 is 1.54 bits per heavy atom. The van der Waals surface area contributed by atoms with Gasteiger partial charge in [0.25, 0.3) is 0 Å². The van der Waals surface area contributed by atoms with Gasteiger partial charge in [0.2, 0.25) is 0 Å². The smallest absolute Gasteiger partial charge is 0.105 e. The summed E-state index contributed by atoms with van der Waals surface area (Å²) in [5, 5.41) is 1.22. The molecule has 13 heavy (non-hydrogen) atoms. The summed E-state index contributed by atoms with van der Waals surface area (Å²) in [5.74, 6) is 0.635. The van der Waals surface area contributed by atoms with E-state index in [4.69, 9.17) is 23.2 Å². The zero-order valence-electron chi connectivity index (χ0n) is 8.59. The van der Waals surface area contributed by atoms with E-state index < -0.39 is 0 Å². The van der Waals surface area contributed by atoms with Crippen LogP contribution in [0.1, 0.15) is 34.1 Å². The third-order valence-electron chi connectivity index (χ3n) is 1.53. The van der Waals surface area contributed by atoms with E-state index in [9.17, 15) is 0 Å². The lowest BCUT2D eigenvalue weighted by molar-refractivity contribution is 0.590. The molecule has 0 amide bonds. The van der Waals surface area contributed by atoms with Gasteiger partial charge in [-0.3, -0.25) is 0 Å². The molecule has 0 radical (unpaired) electrons. The Morgan fingerprint density at radius 1 is 1.00 bits per heavy atom. The first-order chi connectivity index (χ1) is 5.93. The highest BCUT2D eigenvalue weighted by molar-refractivity contribution is 8.77. The lowest BCUT2D eigenvalue weighted by atomic mass is 10.1. The highest BCUT2D eigenvalue weighted by Crippen LogP contribution is 2.37. The van der Waals surface area contributed by atoms with E-state index in [-0.39, 0.29) is 4.84 Å². The van der Waals surface area contributed by atoms with Crippen LogP contribution in [0.25, 0.3) is 0 Å². The molecule has 80 valence electrons. The van der Waals surface area contributed by atoms with Crippen molar-refractivity contribution in [2.24, 2.45) is 5.92 Å². The molecule has 0 heterocycles. The van der Waals surface area contributed by atoms with Crippen LogP contribution >= 0.6 is 44.8 Å². The molecule has 0 aliphatic rings. The van der Waals surface area contributed by atoms with Crippen molar-refractivity contribution in [1.82, 2.24) is 0 Å². The predicted octanol–water partition coefficient (Wildman–Crippen LogP) is 4.99. The Bertz CT molecular complexity index is 127. The molecule has 0 rings (SSSR count). The first-order valence-electron chi connectivity index (χ1n) is 4.53. The Balaban J connectivity index is 3.81. The molecule has 4 heteroatoms. The van der Waals surface area contributed by atoms with Gasteiger partial charge < -0.3 is 0 Å². The second kappa shape index (κ2) is 7.56. The van der Waals surface area contributed by atoms with Gasteiger partial charge in [-0.1, -0.05) is 49.3 Å². The number of halogens is 2. The molecular weight excluding hydrogens is 243 g/mol. The minimum absolute atomic E-state index is 0.229. The fourth-order valence-corrected chi connectivity index (χ4v) is 4.23. The highest BCUT2D eigenvalue weighted by atomic mass is 35.5. The summed E-state index contributed by atoms with van der Waals surface area (Å²) < 4.78 is 0. The maximum atomic E-state index is 5.77. The maximum Gasteiger partial charge on any atom is 0.108 e. The summed E-state index contributed by atoms with van der Waals surface area (Å²) in [6.45, 7) is 8.84. The molecule has 0 aromatic carbocycles. The average Bonchev–Trinajstić information content (AvgIpc) is 1.96. The zero-order chi connectivity index (χ0) is 10.4. The van der Waals surface area contributed by atoms with E-state index >= 15 is 0 Å². The molecule has 0 N–H and O–H groups in total. The molecule has 0 spiro atoms. The molecule has 0 aliphatic carbocycles. The van der Waals surface area contributed by atoms with Crippen LogP contribution in [-0.4, -0.2) is 15.3 Å². The quantitative estimate of drug-likeness (QED) is 0.487. The summed E-state index contributed by atoms with van der Waals surface area (Å²) in [5.41, 5.74) is 0. The average molecular weight is 261 g/mol. The monoisotopic (exact) mass is 260 g/mol. The van der Waals surface area contributed by atoms with E-state index in [1.807, 2.05) is 21.6 Å². The lowest BCUT2D eigenvalue weighted by Crippen LogP contribution is -2.13. The van der Waals surface area contributed by atoms with Crippen molar-refractivity contribution in [2.45, 2.75) is 49.5 Å². The molecule has 0 saturated heterocycles. The van der Waals surface area contributed by atoms with Crippen LogP contribution in [0.4, 0.5) is 0 Å². The summed E-state index contributed by atoms with van der Waals surface area (Å²) in [6, 6.07) is 0. The first-order valence-corrected chi connectivity index (χ1v) is 7.68. The van der Waals surface area contributed by atoms with Crippen molar-refractivity contribution in [2.75, 3.05) is 0 Å². The van der Waals surface area contributed by atoms with Crippen molar-refractivity contribution in [3.63, 3.8) is 0 Å². The number of rotatable bonds is 6. The summed E-state index contributed by atoms with van der Waals surface area (Å²) in [7, 11) is 3.82. The van der Waals surface area contributed by atoms with E-state index in [0.717, 1.165) is 6.42 Å². The molecule has 0 nitrogen and oxygen atoms in total. The van der Waals surface area contributed by atoms with Gasteiger partial charge in [0.1, 0.15) is 4.84 Å². The van der Waals surface area contributed by atoms with Crippen molar-refractivity contribution in [3.8, 4) is 0 Å². The molecule has 0 fully saturated rings. The van der Waals surface area contributed by atoms with Gasteiger partial charge in [-0.2, -0.15) is 0 Å². The summed E-state index contributed by atoms with van der Waals surface area (Å²) in [4.78, 5) is -0.229. The van der Waals surface area contributed by atoms with Crippen molar-refractivity contribution in [3.05, 3.63) is 0 Å². The Labute approximate surface area is 99.9 Å². The lowest BCUT2D eigenvalue weighted by Gasteiger charge is -2.20. The second-order valence-corrected chi connectivity index (χ2v) is 8.02. The number of alkyl halides is 2. The normalized spacial score (nSPS) is 14.5. The van der Waals surface area contributed by atoms with E-state index in [1.54, 1.807) is 0 Å². The first kappa shape index (κ1) is 14.3. The number of hydrogen-bond acceptors (Lipinski definition) is 2. The Morgan fingerprint density at radius 3 is 1.85 bits per heavy atom. The molecule has 1 atom stereocenters. The van der Waals surface area contributed by atoms with Gasteiger partial charge in [0, 0.05) is 10.5 Å². The largest absolute Gasteiger partial charge is 0.108 e. The van der Waals surface area contributed by atoms with E-state index in [2.05, 4.69) is 27.7 Å². The van der Waals surface area contributed by atoms with Crippen LogP contribution in [0.15, 0.2) is 0 Å². The maximum absolute atomic E-state index is 5.77. The fraction of sp³-hybridized carbons (Fsp3) is 1.00.